The van der Waals surface area contributed by atoms with Gasteiger partial charge in [-0.15, -0.1) is 11.3 Å². The van der Waals surface area contributed by atoms with Crippen molar-refractivity contribution in [2.75, 3.05) is 31.6 Å². The number of carbonyl (C=O) groups is 2. The second-order valence-electron chi connectivity index (χ2n) is 8.12. The Morgan fingerprint density at radius 2 is 2.06 bits per heavy atom. The number of amides is 1. The highest BCUT2D eigenvalue weighted by atomic mass is 32.1. The molecular formula is C24H31N3O3S. The third kappa shape index (κ3) is 4.84. The Balaban J connectivity index is 1.47. The van der Waals surface area contributed by atoms with Crippen LogP contribution in [0.3, 0.4) is 0 Å². The molecule has 31 heavy (non-hydrogen) atoms. The van der Waals surface area contributed by atoms with Crippen molar-refractivity contribution in [1.29, 1.82) is 0 Å². The van der Waals surface area contributed by atoms with Gasteiger partial charge < -0.3 is 15.4 Å². The summed E-state index contributed by atoms with van der Waals surface area (Å²) in [4.78, 5) is 29.0. The highest BCUT2D eigenvalue weighted by Gasteiger charge is 2.29. The maximum Gasteiger partial charge on any atom is 0.341 e. The van der Waals surface area contributed by atoms with Gasteiger partial charge in [0.05, 0.1) is 18.7 Å². The number of thiophene rings is 1. The number of ether oxygens (including phenoxy) is 1. The summed E-state index contributed by atoms with van der Waals surface area (Å²) in [6.45, 7) is 7.19. The molecule has 1 aliphatic heterocycles. The van der Waals surface area contributed by atoms with Crippen LogP contribution in [-0.4, -0.2) is 43.0 Å². The van der Waals surface area contributed by atoms with Gasteiger partial charge in [-0.05, 0) is 55.8 Å². The molecule has 0 saturated carbocycles. The number of hydrogen-bond donors (Lipinski definition) is 2. The second-order valence-corrected chi connectivity index (χ2v) is 9.23. The van der Waals surface area contributed by atoms with Crippen LogP contribution >= 0.6 is 11.3 Å². The molecule has 4 rings (SSSR count). The van der Waals surface area contributed by atoms with Crippen LogP contribution in [-0.2, 0) is 28.9 Å². The van der Waals surface area contributed by atoms with E-state index >= 15 is 0 Å². The molecule has 0 saturated heterocycles. The number of rotatable bonds is 7. The normalized spacial score (nSPS) is 18.2. The topological polar surface area (TPSA) is 70.7 Å². The van der Waals surface area contributed by atoms with Gasteiger partial charge in [-0.1, -0.05) is 31.2 Å². The summed E-state index contributed by atoms with van der Waals surface area (Å²) in [5.41, 5.74) is 4.24. The standard InChI is InChI=1S/C24H31N3O3S/c1-3-27-13-12-18-20(15-27)31-23(22(18)24(29)30-4-2)26-21(28)14-25-19-11-7-9-16-8-5-6-10-17(16)19/h5-6,8,10,19,25H,3-4,7,9,11-15H2,1-2H3,(H,26,28)/t19-/m0/s1. The summed E-state index contributed by atoms with van der Waals surface area (Å²) in [7, 11) is 0. The Kier molecular flexibility index (Phi) is 7.05. The van der Waals surface area contributed by atoms with Crippen molar-refractivity contribution in [3.63, 3.8) is 0 Å². The van der Waals surface area contributed by atoms with E-state index < -0.39 is 0 Å². The number of likely N-dealkylation sites (N-methyl/N-ethyl adjacent to an activating group) is 1. The lowest BCUT2D eigenvalue weighted by atomic mass is 9.88. The number of nitrogens with one attached hydrogen (secondary N) is 2. The molecule has 2 N–H and O–H groups in total. The molecule has 0 unspecified atom stereocenters. The van der Waals surface area contributed by atoms with Crippen molar-refractivity contribution >= 4 is 28.2 Å². The van der Waals surface area contributed by atoms with Crippen molar-refractivity contribution in [2.24, 2.45) is 0 Å². The number of aryl methyl sites for hydroxylation is 1. The number of nitrogens with zero attached hydrogens (tertiary/aromatic N) is 1. The average Bonchev–Trinajstić information content (AvgIpc) is 3.14. The summed E-state index contributed by atoms with van der Waals surface area (Å²) >= 11 is 1.51. The lowest BCUT2D eigenvalue weighted by Crippen LogP contribution is -2.33. The summed E-state index contributed by atoms with van der Waals surface area (Å²) < 4.78 is 5.31. The maximum atomic E-state index is 12.8. The van der Waals surface area contributed by atoms with Crippen LogP contribution in [0.5, 0.6) is 0 Å². The molecule has 7 heteroatoms. The Morgan fingerprint density at radius 1 is 1.23 bits per heavy atom. The minimum atomic E-state index is -0.339. The smallest absolute Gasteiger partial charge is 0.341 e. The van der Waals surface area contributed by atoms with Crippen molar-refractivity contribution in [2.45, 2.75) is 52.1 Å². The van der Waals surface area contributed by atoms with Crippen molar-refractivity contribution in [1.82, 2.24) is 10.2 Å². The zero-order valence-electron chi connectivity index (χ0n) is 18.3. The fourth-order valence-electron chi connectivity index (χ4n) is 4.59. The van der Waals surface area contributed by atoms with Gasteiger partial charge in [0.2, 0.25) is 5.91 Å². The molecule has 6 nitrogen and oxygen atoms in total. The molecule has 1 aromatic carbocycles. The van der Waals surface area contributed by atoms with Gasteiger partial charge in [0.15, 0.2) is 0 Å². The van der Waals surface area contributed by atoms with Gasteiger partial charge in [0.1, 0.15) is 5.00 Å². The molecule has 2 aliphatic rings. The first-order valence-corrected chi connectivity index (χ1v) is 12.1. The number of benzene rings is 1. The van der Waals surface area contributed by atoms with Gasteiger partial charge in [0, 0.05) is 24.0 Å². The molecule has 0 bridgehead atoms. The Labute approximate surface area is 188 Å². The second kappa shape index (κ2) is 9.94. The van der Waals surface area contributed by atoms with Crippen LogP contribution in [0.1, 0.15) is 64.7 Å². The molecule has 2 heterocycles. The summed E-state index contributed by atoms with van der Waals surface area (Å²) in [6, 6.07) is 8.64. The highest BCUT2D eigenvalue weighted by molar-refractivity contribution is 7.17. The molecule has 0 fully saturated rings. The molecule has 2 aromatic rings. The van der Waals surface area contributed by atoms with E-state index in [-0.39, 0.29) is 24.5 Å². The molecular weight excluding hydrogens is 410 g/mol. The van der Waals surface area contributed by atoms with E-state index in [1.165, 1.54) is 22.5 Å². The van der Waals surface area contributed by atoms with E-state index in [1.54, 1.807) is 6.92 Å². The molecule has 166 valence electrons. The van der Waals surface area contributed by atoms with Gasteiger partial charge >= 0.3 is 5.97 Å². The van der Waals surface area contributed by atoms with E-state index in [0.717, 1.165) is 55.8 Å². The monoisotopic (exact) mass is 441 g/mol. The predicted molar refractivity (Wildman–Crippen MR) is 124 cm³/mol. The first-order chi connectivity index (χ1) is 15.1. The molecule has 1 aromatic heterocycles. The first kappa shape index (κ1) is 22.0. The van der Waals surface area contributed by atoms with E-state index in [9.17, 15) is 9.59 Å². The third-order valence-corrected chi connectivity index (χ3v) is 7.33. The Bertz CT molecular complexity index is 956. The fraction of sp³-hybridized carbons (Fsp3) is 0.500. The van der Waals surface area contributed by atoms with Gasteiger partial charge in [-0.3, -0.25) is 9.69 Å². The summed E-state index contributed by atoms with van der Waals surface area (Å²) in [5.74, 6) is -0.464. The third-order valence-electron chi connectivity index (χ3n) is 6.19. The molecule has 1 aliphatic carbocycles. The maximum absolute atomic E-state index is 12.8. The molecule has 0 spiro atoms. The van der Waals surface area contributed by atoms with E-state index in [2.05, 4.69) is 46.7 Å². The SMILES string of the molecule is CCOC(=O)c1c(NC(=O)CN[C@H]2CCCc3ccccc32)sc2c1CCN(CC)C2. The van der Waals surface area contributed by atoms with Crippen LogP contribution < -0.4 is 10.6 Å². The minimum absolute atomic E-state index is 0.125. The van der Waals surface area contributed by atoms with Crippen LogP contribution in [0.15, 0.2) is 24.3 Å². The first-order valence-electron chi connectivity index (χ1n) is 11.3. The van der Waals surface area contributed by atoms with Gasteiger partial charge in [-0.25, -0.2) is 4.79 Å². The number of hydrogen-bond acceptors (Lipinski definition) is 6. The molecule has 1 amide bonds. The summed E-state index contributed by atoms with van der Waals surface area (Å²) in [6.07, 6.45) is 4.05. The molecule has 1 atom stereocenters. The van der Waals surface area contributed by atoms with Gasteiger partial charge in [-0.2, -0.15) is 0 Å². The largest absolute Gasteiger partial charge is 0.462 e. The minimum Gasteiger partial charge on any atom is -0.462 e. The van der Waals surface area contributed by atoms with Crippen LogP contribution in [0.4, 0.5) is 5.00 Å². The lowest BCUT2D eigenvalue weighted by molar-refractivity contribution is -0.115. The quantitative estimate of drug-likeness (QED) is 0.638. The van der Waals surface area contributed by atoms with Crippen molar-refractivity contribution in [3.8, 4) is 0 Å². The Hall–Kier alpha value is -2.22. The number of carbonyl (C=O) groups excluding carboxylic acids is 2. The van der Waals surface area contributed by atoms with Crippen LogP contribution in [0, 0.1) is 0 Å². The van der Waals surface area contributed by atoms with Crippen LogP contribution in [0.2, 0.25) is 0 Å². The van der Waals surface area contributed by atoms with E-state index in [0.29, 0.717) is 17.2 Å². The zero-order valence-corrected chi connectivity index (χ0v) is 19.1. The lowest BCUT2D eigenvalue weighted by Gasteiger charge is -2.26. The predicted octanol–water partition coefficient (Wildman–Crippen LogP) is 3.91. The number of esters is 1. The number of fused-ring (bicyclic) bond motifs is 2. The van der Waals surface area contributed by atoms with Gasteiger partial charge in [0.25, 0.3) is 0 Å². The fourth-order valence-corrected chi connectivity index (χ4v) is 5.88. The van der Waals surface area contributed by atoms with E-state index in [1.807, 2.05) is 0 Å². The van der Waals surface area contributed by atoms with Crippen molar-refractivity contribution < 1.29 is 14.3 Å². The van der Waals surface area contributed by atoms with E-state index in [4.69, 9.17) is 4.74 Å². The Morgan fingerprint density at radius 3 is 2.87 bits per heavy atom. The zero-order chi connectivity index (χ0) is 21.8. The summed E-state index contributed by atoms with van der Waals surface area (Å²) in [5, 5.41) is 7.04. The van der Waals surface area contributed by atoms with Crippen LogP contribution in [0.25, 0.3) is 0 Å². The number of anilines is 1. The highest BCUT2D eigenvalue weighted by Crippen LogP contribution is 2.37. The molecule has 0 radical (unpaired) electrons. The average molecular weight is 442 g/mol. The van der Waals surface area contributed by atoms with Crippen molar-refractivity contribution in [3.05, 3.63) is 51.4 Å².